The van der Waals surface area contributed by atoms with Gasteiger partial charge in [-0.2, -0.15) is 13.2 Å². The van der Waals surface area contributed by atoms with E-state index in [1.165, 1.54) is 30.3 Å². The Morgan fingerprint density at radius 2 is 1.80 bits per heavy atom. The van der Waals surface area contributed by atoms with Gasteiger partial charge in [-0.25, -0.2) is 0 Å². The van der Waals surface area contributed by atoms with Gasteiger partial charge in [-0.3, -0.25) is 0 Å². The molecule has 0 aromatic heterocycles. The van der Waals surface area contributed by atoms with Gasteiger partial charge in [0.1, 0.15) is 11.5 Å². The number of hydrogen-bond donors (Lipinski definition) is 1. The lowest BCUT2D eigenvalue weighted by Crippen LogP contribution is -2.06. The second-order valence-electron chi connectivity index (χ2n) is 4.01. The Morgan fingerprint density at radius 1 is 1.10 bits per heavy atom. The summed E-state index contributed by atoms with van der Waals surface area (Å²) in [6.07, 6.45) is -4.47. The number of rotatable bonds is 3. The molecule has 0 radical (unpaired) electrons. The highest BCUT2D eigenvalue weighted by Gasteiger charge is 2.34. The Morgan fingerprint density at radius 3 is 2.40 bits per heavy atom. The monoisotopic (exact) mass is 346 g/mol. The van der Waals surface area contributed by atoms with Crippen molar-refractivity contribution in [3.8, 4) is 11.5 Å². The Hall–Kier alpha value is -1.53. The fourth-order valence-electron chi connectivity index (χ4n) is 1.64. The van der Waals surface area contributed by atoms with Crippen LogP contribution in [0.25, 0.3) is 0 Å². The lowest BCUT2D eigenvalue weighted by atomic mass is 10.2. The highest BCUT2D eigenvalue weighted by molar-refractivity contribution is 9.10. The first-order valence-corrected chi connectivity index (χ1v) is 6.44. The van der Waals surface area contributed by atoms with Crippen LogP contribution in [0.4, 0.5) is 13.2 Å². The molecule has 0 atom stereocenters. The van der Waals surface area contributed by atoms with Crippen LogP contribution in [0.2, 0.25) is 0 Å². The number of hydrogen-bond acceptors (Lipinski definition) is 2. The predicted molar refractivity (Wildman–Crippen MR) is 71.6 cm³/mol. The van der Waals surface area contributed by atoms with Gasteiger partial charge in [0.05, 0.1) is 12.2 Å². The maximum absolute atomic E-state index is 12.8. The molecule has 0 spiro atoms. The molecule has 0 bridgehead atoms. The third-order valence-electron chi connectivity index (χ3n) is 2.62. The summed E-state index contributed by atoms with van der Waals surface area (Å²) >= 11 is 3.22. The average molecular weight is 347 g/mol. The van der Waals surface area contributed by atoms with Crippen LogP contribution in [0, 0.1) is 0 Å². The molecule has 0 fully saturated rings. The Kier molecular flexibility index (Phi) is 4.35. The number of aliphatic hydroxyl groups excluding tert-OH is 1. The van der Waals surface area contributed by atoms with E-state index in [1.807, 2.05) is 0 Å². The fraction of sp³-hybridized carbons (Fsp3) is 0.143. The zero-order valence-corrected chi connectivity index (χ0v) is 11.7. The van der Waals surface area contributed by atoms with E-state index in [-0.39, 0.29) is 18.1 Å². The Balaban J connectivity index is 2.33. The molecule has 0 saturated carbocycles. The van der Waals surface area contributed by atoms with Crippen molar-refractivity contribution >= 4 is 15.9 Å². The van der Waals surface area contributed by atoms with E-state index in [0.717, 1.165) is 6.07 Å². The largest absolute Gasteiger partial charge is 0.457 e. The van der Waals surface area contributed by atoms with Gasteiger partial charge in [-0.15, -0.1) is 0 Å². The summed E-state index contributed by atoms with van der Waals surface area (Å²) in [6.45, 7) is -0.167. The van der Waals surface area contributed by atoms with E-state index in [9.17, 15) is 13.2 Å². The predicted octanol–water partition coefficient (Wildman–Crippen LogP) is 4.75. The van der Waals surface area contributed by atoms with Crippen molar-refractivity contribution in [2.45, 2.75) is 12.8 Å². The summed E-state index contributed by atoms with van der Waals surface area (Å²) in [4.78, 5) is 0. The van der Waals surface area contributed by atoms with Gasteiger partial charge < -0.3 is 9.84 Å². The summed E-state index contributed by atoms with van der Waals surface area (Å²) in [5.41, 5.74) is -0.205. The molecule has 6 heteroatoms. The van der Waals surface area contributed by atoms with E-state index >= 15 is 0 Å². The number of benzene rings is 2. The topological polar surface area (TPSA) is 29.5 Å². The summed E-state index contributed by atoms with van der Waals surface area (Å²) in [7, 11) is 0. The number of ether oxygens (including phenoxy) is 1. The normalized spacial score (nSPS) is 11.4. The average Bonchev–Trinajstić information content (AvgIpc) is 2.38. The van der Waals surface area contributed by atoms with Crippen LogP contribution in [-0.4, -0.2) is 5.11 Å². The summed E-state index contributed by atoms with van der Waals surface area (Å²) in [6, 6.07) is 9.60. The van der Waals surface area contributed by atoms with E-state index in [1.54, 1.807) is 6.07 Å². The molecule has 106 valence electrons. The highest BCUT2D eigenvalue weighted by atomic mass is 79.9. The van der Waals surface area contributed by atoms with Gasteiger partial charge >= 0.3 is 6.18 Å². The van der Waals surface area contributed by atoms with Crippen LogP contribution in [0.3, 0.4) is 0 Å². The molecule has 0 amide bonds. The van der Waals surface area contributed by atoms with Crippen molar-refractivity contribution in [3.63, 3.8) is 0 Å². The van der Waals surface area contributed by atoms with Gasteiger partial charge in [0, 0.05) is 4.47 Å². The third kappa shape index (κ3) is 3.32. The number of halogens is 4. The third-order valence-corrected chi connectivity index (χ3v) is 3.35. The first kappa shape index (κ1) is 14.9. The second kappa shape index (κ2) is 5.85. The lowest BCUT2D eigenvalue weighted by molar-refractivity contribution is -0.138. The SMILES string of the molecule is OCc1ccc(Oc2ccccc2C(F)(F)F)cc1Br. The lowest BCUT2D eigenvalue weighted by Gasteiger charge is -2.14. The number of aliphatic hydroxyl groups is 1. The van der Waals surface area contributed by atoms with Crippen LogP contribution in [0.5, 0.6) is 11.5 Å². The molecule has 0 heterocycles. The van der Waals surface area contributed by atoms with Crippen molar-refractivity contribution < 1.29 is 23.0 Å². The van der Waals surface area contributed by atoms with Crippen LogP contribution in [-0.2, 0) is 12.8 Å². The highest BCUT2D eigenvalue weighted by Crippen LogP contribution is 2.38. The molecule has 1 N–H and O–H groups in total. The summed E-state index contributed by atoms with van der Waals surface area (Å²) in [5.74, 6) is -0.00516. The van der Waals surface area contributed by atoms with Crippen LogP contribution >= 0.6 is 15.9 Å². The number of para-hydroxylation sites is 1. The van der Waals surface area contributed by atoms with Crippen LogP contribution < -0.4 is 4.74 Å². The number of alkyl halides is 3. The molecule has 0 aliphatic rings. The van der Waals surface area contributed by atoms with Gasteiger partial charge in [-0.05, 0) is 29.8 Å². The molecular formula is C14H10BrF3O2. The van der Waals surface area contributed by atoms with Crippen molar-refractivity contribution in [3.05, 3.63) is 58.1 Å². The zero-order chi connectivity index (χ0) is 14.8. The minimum atomic E-state index is -4.47. The fourth-order valence-corrected chi connectivity index (χ4v) is 2.12. The van der Waals surface area contributed by atoms with Crippen molar-refractivity contribution in [2.24, 2.45) is 0 Å². The molecular weight excluding hydrogens is 337 g/mol. The van der Waals surface area contributed by atoms with E-state index in [4.69, 9.17) is 9.84 Å². The Labute approximate surface area is 121 Å². The molecule has 0 aliphatic carbocycles. The van der Waals surface area contributed by atoms with Crippen LogP contribution in [0.15, 0.2) is 46.9 Å². The minimum Gasteiger partial charge on any atom is -0.457 e. The molecule has 2 nitrogen and oxygen atoms in total. The molecule has 2 aromatic rings. The first-order chi connectivity index (χ1) is 9.41. The first-order valence-electron chi connectivity index (χ1n) is 5.65. The van der Waals surface area contributed by atoms with Crippen molar-refractivity contribution in [1.82, 2.24) is 0 Å². The minimum absolute atomic E-state index is 0.167. The molecule has 0 unspecified atom stereocenters. The maximum atomic E-state index is 12.8. The van der Waals surface area contributed by atoms with Crippen LogP contribution in [0.1, 0.15) is 11.1 Å². The second-order valence-corrected chi connectivity index (χ2v) is 4.86. The molecule has 0 aliphatic heterocycles. The Bertz CT molecular complexity index is 612. The zero-order valence-electron chi connectivity index (χ0n) is 10.1. The quantitative estimate of drug-likeness (QED) is 0.868. The van der Waals surface area contributed by atoms with Gasteiger partial charge in [0.15, 0.2) is 0 Å². The van der Waals surface area contributed by atoms with E-state index in [0.29, 0.717) is 10.0 Å². The van der Waals surface area contributed by atoms with Crippen molar-refractivity contribution in [2.75, 3.05) is 0 Å². The summed E-state index contributed by atoms with van der Waals surface area (Å²) < 4.78 is 44.3. The molecule has 2 rings (SSSR count). The van der Waals surface area contributed by atoms with Crippen molar-refractivity contribution in [1.29, 1.82) is 0 Å². The smallest absolute Gasteiger partial charge is 0.419 e. The van der Waals surface area contributed by atoms with E-state index < -0.39 is 11.7 Å². The van der Waals surface area contributed by atoms with Gasteiger partial charge in [0.2, 0.25) is 0 Å². The van der Waals surface area contributed by atoms with Gasteiger partial charge in [0.25, 0.3) is 0 Å². The van der Waals surface area contributed by atoms with Gasteiger partial charge in [-0.1, -0.05) is 34.1 Å². The molecule has 20 heavy (non-hydrogen) atoms. The summed E-state index contributed by atoms with van der Waals surface area (Å²) in [5, 5.41) is 9.03. The molecule has 0 saturated heterocycles. The standard InChI is InChI=1S/C14H10BrF3O2/c15-12-7-10(6-5-9(12)8-19)20-13-4-2-1-3-11(13)14(16,17)18/h1-7,19H,8H2. The maximum Gasteiger partial charge on any atom is 0.419 e. The van der Waals surface area contributed by atoms with E-state index in [2.05, 4.69) is 15.9 Å². The molecule has 2 aromatic carbocycles.